The Hall–Kier alpha value is -1.88. The molecule has 0 unspecified atom stereocenters. The average Bonchev–Trinajstić information content (AvgIpc) is 2.89. The highest BCUT2D eigenvalue weighted by Crippen LogP contribution is 2.20. The summed E-state index contributed by atoms with van der Waals surface area (Å²) in [6, 6.07) is 7.20. The van der Waals surface area contributed by atoms with Gasteiger partial charge in [0.15, 0.2) is 0 Å². The second-order valence-corrected chi connectivity index (χ2v) is 5.30. The molecule has 5 heteroatoms. The SMILES string of the molecule is COc1ccc(NC(=O)c2csc(C(C)C)n2)cc1. The van der Waals surface area contributed by atoms with Crippen LogP contribution in [0.3, 0.4) is 0 Å². The number of methoxy groups -OCH3 is 1. The summed E-state index contributed by atoms with van der Waals surface area (Å²) < 4.78 is 5.07. The number of carbonyl (C=O) groups is 1. The van der Waals surface area contributed by atoms with Gasteiger partial charge in [-0.3, -0.25) is 4.79 Å². The van der Waals surface area contributed by atoms with Crippen LogP contribution in [0.2, 0.25) is 0 Å². The lowest BCUT2D eigenvalue weighted by Crippen LogP contribution is -2.12. The van der Waals surface area contributed by atoms with Gasteiger partial charge in [0.05, 0.1) is 12.1 Å². The van der Waals surface area contributed by atoms with Crippen LogP contribution in [0.5, 0.6) is 5.75 Å². The molecular weight excluding hydrogens is 260 g/mol. The smallest absolute Gasteiger partial charge is 0.275 e. The third-order valence-corrected chi connectivity index (χ3v) is 3.74. The zero-order chi connectivity index (χ0) is 13.8. The van der Waals surface area contributed by atoms with E-state index in [1.54, 1.807) is 36.8 Å². The number of hydrogen-bond donors (Lipinski definition) is 1. The topological polar surface area (TPSA) is 51.2 Å². The lowest BCUT2D eigenvalue weighted by molar-refractivity contribution is 0.102. The Morgan fingerprint density at radius 1 is 1.32 bits per heavy atom. The highest BCUT2D eigenvalue weighted by molar-refractivity contribution is 7.09. The third kappa shape index (κ3) is 3.32. The van der Waals surface area contributed by atoms with Crippen molar-refractivity contribution in [2.24, 2.45) is 0 Å². The Labute approximate surface area is 116 Å². The van der Waals surface area contributed by atoms with Crippen molar-refractivity contribution in [1.29, 1.82) is 0 Å². The predicted molar refractivity (Wildman–Crippen MR) is 77.2 cm³/mol. The molecule has 0 aliphatic heterocycles. The van der Waals surface area contributed by atoms with E-state index in [-0.39, 0.29) is 5.91 Å². The zero-order valence-electron chi connectivity index (χ0n) is 11.1. The Kier molecular flexibility index (Phi) is 4.16. The number of amides is 1. The van der Waals surface area contributed by atoms with Crippen LogP contribution < -0.4 is 10.1 Å². The van der Waals surface area contributed by atoms with Gasteiger partial charge in [0, 0.05) is 17.0 Å². The Balaban J connectivity index is 2.06. The third-order valence-electron chi connectivity index (χ3n) is 2.60. The lowest BCUT2D eigenvalue weighted by atomic mass is 10.2. The van der Waals surface area contributed by atoms with Crippen molar-refractivity contribution in [1.82, 2.24) is 4.98 Å². The molecule has 100 valence electrons. The first kappa shape index (κ1) is 13.5. The van der Waals surface area contributed by atoms with E-state index in [0.29, 0.717) is 11.6 Å². The number of rotatable bonds is 4. The van der Waals surface area contributed by atoms with E-state index in [2.05, 4.69) is 24.1 Å². The van der Waals surface area contributed by atoms with Crippen molar-refractivity contribution < 1.29 is 9.53 Å². The van der Waals surface area contributed by atoms with Crippen LogP contribution in [0, 0.1) is 0 Å². The second-order valence-electron chi connectivity index (χ2n) is 4.41. The minimum atomic E-state index is -0.187. The number of carbonyl (C=O) groups excluding carboxylic acids is 1. The lowest BCUT2D eigenvalue weighted by Gasteiger charge is -2.04. The number of hydrogen-bond acceptors (Lipinski definition) is 4. The minimum absolute atomic E-state index is 0.187. The average molecular weight is 276 g/mol. The summed E-state index contributed by atoms with van der Waals surface area (Å²) in [7, 11) is 1.61. The van der Waals surface area contributed by atoms with Gasteiger partial charge in [0.2, 0.25) is 0 Å². The van der Waals surface area contributed by atoms with Gasteiger partial charge in [0.1, 0.15) is 11.4 Å². The molecule has 1 amide bonds. The molecule has 0 saturated carbocycles. The van der Waals surface area contributed by atoms with Gasteiger partial charge in [-0.2, -0.15) is 0 Å². The Morgan fingerprint density at radius 3 is 2.53 bits per heavy atom. The summed E-state index contributed by atoms with van der Waals surface area (Å²) in [6.45, 7) is 4.12. The quantitative estimate of drug-likeness (QED) is 0.929. The zero-order valence-corrected chi connectivity index (χ0v) is 12.0. The highest BCUT2D eigenvalue weighted by atomic mass is 32.1. The fraction of sp³-hybridized carbons (Fsp3) is 0.286. The summed E-state index contributed by atoms with van der Waals surface area (Å²) >= 11 is 1.51. The van der Waals surface area contributed by atoms with E-state index in [1.807, 2.05) is 0 Å². The largest absolute Gasteiger partial charge is 0.497 e. The van der Waals surface area contributed by atoms with Gasteiger partial charge in [-0.1, -0.05) is 13.8 Å². The molecule has 0 spiro atoms. The summed E-state index contributed by atoms with van der Waals surface area (Å²) in [5, 5.41) is 5.57. The maximum atomic E-state index is 12.0. The molecule has 2 rings (SSSR count). The summed E-state index contributed by atoms with van der Waals surface area (Å²) in [4.78, 5) is 16.3. The van der Waals surface area contributed by atoms with E-state index in [0.717, 1.165) is 16.4 Å². The van der Waals surface area contributed by atoms with Crippen LogP contribution in [0.4, 0.5) is 5.69 Å². The van der Waals surface area contributed by atoms with Crippen molar-refractivity contribution in [2.45, 2.75) is 19.8 Å². The molecule has 1 N–H and O–H groups in total. The molecule has 1 aromatic carbocycles. The highest BCUT2D eigenvalue weighted by Gasteiger charge is 2.12. The van der Waals surface area contributed by atoms with Crippen LogP contribution in [-0.2, 0) is 0 Å². The maximum Gasteiger partial charge on any atom is 0.275 e. The van der Waals surface area contributed by atoms with E-state index in [9.17, 15) is 4.79 Å². The molecule has 4 nitrogen and oxygen atoms in total. The minimum Gasteiger partial charge on any atom is -0.497 e. The summed E-state index contributed by atoms with van der Waals surface area (Å²) in [5.74, 6) is 0.912. The van der Waals surface area contributed by atoms with Gasteiger partial charge in [-0.25, -0.2) is 4.98 Å². The number of benzene rings is 1. The molecule has 0 radical (unpaired) electrons. The Morgan fingerprint density at radius 2 is 2.00 bits per heavy atom. The molecule has 1 aromatic heterocycles. The van der Waals surface area contributed by atoms with Crippen molar-refractivity contribution in [3.63, 3.8) is 0 Å². The molecular formula is C14H16N2O2S. The number of nitrogens with one attached hydrogen (secondary N) is 1. The molecule has 0 atom stereocenters. The molecule has 0 aliphatic rings. The fourth-order valence-corrected chi connectivity index (χ4v) is 2.34. The fourth-order valence-electron chi connectivity index (χ4n) is 1.53. The van der Waals surface area contributed by atoms with E-state index in [1.165, 1.54) is 11.3 Å². The first-order chi connectivity index (χ1) is 9.10. The second kappa shape index (κ2) is 5.84. The van der Waals surface area contributed by atoms with Gasteiger partial charge < -0.3 is 10.1 Å². The van der Waals surface area contributed by atoms with Crippen molar-refractivity contribution >= 4 is 22.9 Å². The van der Waals surface area contributed by atoms with Crippen LogP contribution in [0.15, 0.2) is 29.6 Å². The number of aromatic nitrogens is 1. The molecule has 0 fully saturated rings. The molecule has 1 heterocycles. The Bertz CT molecular complexity index is 561. The maximum absolute atomic E-state index is 12.0. The van der Waals surface area contributed by atoms with E-state index in [4.69, 9.17) is 4.74 Å². The van der Waals surface area contributed by atoms with Crippen LogP contribution in [0.1, 0.15) is 35.3 Å². The molecule has 19 heavy (non-hydrogen) atoms. The van der Waals surface area contributed by atoms with Crippen LogP contribution in [0.25, 0.3) is 0 Å². The number of ether oxygens (including phenoxy) is 1. The number of anilines is 1. The number of thiazole rings is 1. The number of nitrogens with zero attached hydrogens (tertiary/aromatic N) is 1. The summed E-state index contributed by atoms with van der Waals surface area (Å²) in [5.41, 5.74) is 1.19. The van der Waals surface area contributed by atoms with Crippen LogP contribution in [-0.4, -0.2) is 18.0 Å². The monoisotopic (exact) mass is 276 g/mol. The van der Waals surface area contributed by atoms with E-state index >= 15 is 0 Å². The predicted octanol–water partition coefficient (Wildman–Crippen LogP) is 3.53. The van der Waals surface area contributed by atoms with Gasteiger partial charge in [-0.05, 0) is 24.3 Å². The van der Waals surface area contributed by atoms with Gasteiger partial charge in [-0.15, -0.1) is 11.3 Å². The van der Waals surface area contributed by atoms with Gasteiger partial charge >= 0.3 is 0 Å². The molecule has 0 aliphatic carbocycles. The first-order valence-electron chi connectivity index (χ1n) is 6.01. The molecule has 0 saturated heterocycles. The molecule has 0 bridgehead atoms. The molecule has 2 aromatic rings. The first-order valence-corrected chi connectivity index (χ1v) is 6.89. The van der Waals surface area contributed by atoms with Crippen molar-refractivity contribution in [3.8, 4) is 5.75 Å². The summed E-state index contributed by atoms with van der Waals surface area (Å²) in [6.07, 6.45) is 0. The van der Waals surface area contributed by atoms with Gasteiger partial charge in [0.25, 0.3) is 5.91 Å². The van der Waals surface area contributed by atoms with Crippen LogP contribution >= 0.6 is 11.3 Å². The standard InChI is InChI=1S/C14H16N2O2S/c1-9(2)14-16-12(8-19-14)13(17)15-10-4-6-11(18-3)7-5-10/h4-9H,1-3H3,(H,15,17). The normalized spacial score (nSPS) is 10.5. The van der Waals surface area contributed by atoms with Crippen molar-refractivity contribution in [2.75, 3.05) is 12.4 Å². The van der Waals surface area contributed by atoms with Crippen molar-refractivity contribution in [3.05, 3.63) is 40.3 Å². The van der Waals surface area contributed by atoms with E-state index < -0.39 is 0 Å².